The van der Waals surface area contributed by atoms with Crippen molar-refractivity contribution in [2.45, 2.75) is 0 Å². The average Bonchev–Trinajstić information content (AvgIpc) is 2.84. The number of aromatic nitrogens is 2. The lowest BCUT2D eigenvalue weighted by Gasteiger charge is -2.07. The van der Waals surface area contributed by atoms with Crippen molar-refractivity contribution in [3.05, 3.63) is 48.8 Å². The van der Waals surface area contributed by atoms with Gasteiger partial charge in [0.1, 0.15) is 22.8 Å². The molecule has 3 aromatic rings. The maximum Gasteiger partial charge on any atom is 0.148 e. The molecule has 0 atom stereocenters. The second kappa shape index (κ2) is 4.07. The molecule has 0 radical (unpaired) electrons. The number of rotatable bonds is 2. The van der Waals surface area contributed by atoms with Crippen LogP contribution >= 0.6 is 0 Å². The van der Waals surface area contributed by atoms with Crippen LogP contribution in [0.25, 0.3) is 16.9 Å². The Labute approximate surface area is 104 Å². The number of hydrogen-bond acceptors (Lipinski definition) is 3. The van der Waals surface area contributed by atoms with Crippen LogP contribution in [0.1, 0.15) is 0 Å². The molecule has 3 rings (SSSR count). The monoisotopic (exact) mass is 240 g/mol. The molecular formula is C14H12N2O2. The van der Waals surface area contributed by atoms with Gasteiger partial charge < -0.3 is 9.84 Å². The third-order valence-corrected chi connectivity index (χ3v) is 2.90. The van der Waals surface area contributed by atoms with Crippen LogP contribution in [-0.2, 0) is 0 Å². The van der Waals surface area contributed by atoms with Crippen LogP contribution in [0.4, 0.5) is 0 Å². The highest BCUT2D eigenvalue weighted by atomic mass is 16.5. The number of pyridine rings is 1. The third-order valence-electron chi connectivity index (χ3n) is 2.90. The smallest absolute Gasteiger partial charge is 0.148 e. The van der Waals surface area contributed by atoms with Gasteiger partial charge in [-0.05, 0) is 24.3 Å². The minimum absolute atomic E-state index is 0.214. The van der Waals surface area contributed by atoms with Gasteiger partial charge in [-0.25, -0.2) is 4.98 Å². The first-order chi connectivity index (χ1) is 8.81. The first-order valence-electron chi connectivity index (χ1n) is 5.59. The van der Waals surface area contributed by atoms with E-state index in [1.54, 1.807) is 25.4 Å². The summed E-state index contributed by atoms with van der Waals surface area (Å²) in [6.45, 7) is 0. The van der Waals surface area contributed by atoms with Crippen molar-refractivity contribution in [1.82, 2.24) is 9.38 Å². The van der Waals surface area contributed by atoms with Crippen LogP contribution in [0, 0.1) is 0 Å². The third kappa shape index (κ3) is 1.50. The van der Waals surface area contributed by atoms with Gasteiger partial charge in [0, 0.05) is 6.20 Å². The summed E-state index contributed by atoms with van der Waals surface area (Å²) in [6, 6.07) is 11.1. The second-order valence-electron chi connectivity index (χ2n) is 3.93. The van der Waals surface area contributed by atoms with Gasteiger partial charge in [0.2, 0.25) is 0 Å². The summed E-state index contributed by atoms with van der Waals surface area (Å²) in [7, 11) is 1.63. The van der Waals surface area contributed by atoms with E-state index in [4.69, 9.17) is 4.74 Å². The normalized spacial score (nSPS) is 10.7. The lowest BCUT2D eigenvalue weighted by atomic mass is 10.2. The van der Waals surface area contributed by atoms with Gasteiger partial charge in [0.05, 0.1) is 18.9 Å². The Bertz CT molecular complexity index is 704. The van der Waals surface area contributed by atoms with Gasteiger partial charge in [0.25, 0.3) is 0 Å². The number of ether oxygens (including phenoxy) is 1. The van der Waals surface area contributed by atoms with Gasteiger partial charge in [0.15, 0.2) is 0 Å². The molecule has 0 spiro atoms. The van der Waals surface area contributed by atoms with Crippen molar-refractivity contribution in [2.24, 2.45) is 0 Å². The zero-order valence-electron chi connectivity index (χ0n) is 9.87. The van der Waals surface area contributed by atoms with Crippen molar-refractivity contribution >= 4 is 5.52 Å². The highest BCUT2D eigenvalue weighted by Gasteiger charge is 2.12. The fourth-order valence-corrected chi connectivity index (χ4v) is 2.04. The topological polar surface area (TPSA) is 46.8 Å². The Morgan fingerprint density at radius 3 is 2.83 bits per heavy atom. The number of nitrogens with zero attached hydrogens (tertiary/aromatic N) is 2. The van der Waals surface area contributed by atoms with E-state index in [2.05, 4.69) is 4.98 Å². The van der Waals surface area contributed by atoms with Crippen molar-refractivity contribution in [2.75, 3.05) is 7.11 Å². The van der Waals surface area contributed by atoms with Crippen LogP contribution in [0.2, 0.25) is 0 Å². The lowest BCUT2D eigenvalue weighted by molar-refractivity contribution is 0.416. The van der Waals surface area contributed by atoms with Crippen molar-refractivity contribution < 1.29 is 9.84 Å². The summed E-state index contributed by atoms with van der Waals surface area (Å²) < 4.78 is 7.17. The fraction of sp³-hybridized carbons (Fsp3) is 0.0714. The summed E-state index contributed by atoms with van der Waals surface area (Å²) in [6.07, 6.45) is 3.51. The van der Waals surface area contributed by atoms with Gasteiger partial charge >= 0.3 is 0 Å². The first-order valence-corrected chi connectivity index (χ1v) is 5.59. The summed E-state index contributed by atoms with van der Waals surface area (Å²) >= 11 is 0. The average molecular weight is 240 g/mol. The van der Waals surface area contributed by atoms with Crippen LogP contribution in [0.3, 0.4) is 0 Å². The molecule has 2 heterocycles. The van der Waals surface area contributed by atoms with E-state index in [9.17, 15) is 5.11 Å². The van der Waals surface area contributed by atoms with Crippen LogP contribution in [0.5, 0.6) is 11.5 Å². The highest BCUT2D eigenvalue weighted by Crippen LogP contribution is 2.30. The molecule has 0 aliphatic heterocycles. The molecule has 0 amide bonds. The fourth-order valence-electron chi connectivity index (χ4n) is 2.04. The van der Waals surface area contributed by atoms with Crippen molar-refractivity contribution in [3.63, 3.8) is 0 Å². The van der Waals surface area contributed by atoms with Crippen molar-refractivity contribution in [3.8, 4) is 22.9 Å². The number of methoxy groups -OCH3 is 1. The maximum atomic E-state index is 9.77. The highest BCUT2D eigenvalue weighted by molar-refractivity contribution is 5.70. The quantitative estimate of drug-likeness (QED) is 0.749. The molecule has 0 saturated carbocycles. The van der Waals surface area contributed by atoms with Crippen LogP contribution < -0.4 is 4.74 Å². The molecule has 0 aliphatic carbocycles. The molecule has 90 valence electrons. The Kier molecular flexibility index (Phi) is 2.41. The molecule has 2 aromatic heterocycles. The molecule has 0 aliphatic rings. The molecule has 1 N–H and O–H groups in total. The molecule has 4 nitrogen and oxygen atoms in total. The first kappa shape index (κ1) is 10.7. The van der Waals surface area contributed by atoms with E-state index >= 15 is 0 Å². The summed E-state index contributed by atoms with van der Waals surface area (Å²) in [5, 5.41) is 9.77. The molecule has 4 heteroatoms. The minimum Gasteiger partial charge on any atom is -0.506 e. The molecule has 0 fully saturated rings. The van der Waals surface area contributed by atoms with E-state index in [0.717, 1.165) is 17.1 Å². The van der Waals surface area contributed by atoms with Gasteiger partial charge in [-0.3, -0.25) is 4.40 Å². The largest absolute Gasteiger partial charge is 0.506 e. The van der Waals surface area contributed by atoms with E-state index in [-0.39, 0.29) is 5.75 Å². The zero-order valence-corrected chi connectivity index (χ0v) is 9.87. The molecule has 1 aromatic carbocycles. The van der Waals surface area contributed by atoms with Crippen LogP contribution in [0.15, 0.2) is 48.8 Å². The Morgan fingerprint density at radius 2 is 2.00 bits per heavy atom. The predicted octanol–water partition coefficient (Wildman–Crippen LogP) is 2.72. The summed E-state index contributed by atoms with van der Waals surface area (Å²) in [5.74, 6) is 1.72. The second-order valence-corrected chi connectivity index (χ2v) is 3.93. The predicted molar refractivity (Wildman–Crippen MR) is 68.8 cm³/mol. The molecule has 0 bridgehead atoms. The molecule has 0 saturated heterocycles. The standard InChI is InChI=1S/C14H12N2O2/c1-18-13-7-3-2-5-10(13)14-15-9-11-12(17)6-4-8-16(11)14/h2-9,17H,1H3. The van der Waals surface area contributed by atoms with Crippen molar-refractivity contribution in [1.29, 1.82) is 0 Å². The maximum absolute atomic E-state index is 9.77. The number of hydrogen-bond donors (Lipinski definition) is 1. The van der Waals surface area contributed by atoms with E-state index in [0.29, 0.717) is 5.52 Å². The summed E-state index contributed by atoms with van der Waals surface area (Å²) in [5.41, 5.74) is 1.57. The SMILES string of the molecule is COc1ccccc1-c1ncc2c(O)cccn12. The number of imidazole rings is 1. The Hall–Kier alpha value is -2.49. The lowest BCUT2D eigenvalue weighted by Crippen LogP contribution is -1.92. The van der Waals surface area contributed by atoms with Crippen LogP contribution in [-0.4, -0.2) is 21.6 Å². The number of fused-ring (bicyclic) bond motifs is 1. The van der Waals surface area contributed by atoms with Gasteiger partial charge in [-0.1, -0.05) is 12.1 Å². The molecule has 0 unspecified atom stereocenters. The van der Waals surface area contributed by atoms with E-state index in [1.165, 1.54) is 0 Å². The molecule has 18 heavy (non-hydrogen) atoms. The van der Waals surface area contributed by atoms with E-state index < -0.39 is 0 Å². The minimum atomic E-state index is 0.214. The zero-order chi connectivity index (χ0) is 12.5. The Morgan fingerprint density at radius 1 is 1.17 bits per heavy atom. The van der Waals surface area contributed by atoms with Gasteiger partial charge in [-0.15, -0.1) is 0 Å². The number of benzene rings is 1. The number of para-hydroxylation sites is 1. The summed E-state index contributed by atoms with van der Waals surface area (Å²) in [4.78, 5) is 4.36. The van der Waals surface area contributed by atoms with Gasteiger partial charge in [-0.2, -0.15) is 0 Å². The molecular weight excluding hydrogens is 228 g/mol. The Balaban J connectivity index is 2.29. The number of aromatic hydroxyl groups is 1. The van der Waals surface area contributed by atoms with E-state index in [1.807, 2.05) is 34.9 Å².